The second kappa shape index (κ2) is 8.09. The van der Waals surface area contributed by atoms with Crippen LogP contribution in [0, 0.1) is 6.92 Å². The number of carboxylic acids is 1. The number of alkyl carbamates (subject to hydrolysis) is 1. The number of aryl methyl sites for hydroxylation is 1. The molecule has 0 radical (unpaired) electrons. The molecule has 9 heteroatoms. The molecule has 1 aromatic rings. The third-order valence-corrected chi connectivity index (χ3v) is 3.73. The summed E-state index contributed by atoms with van der Waals surface area (Å²) in [4.78, 5) is 39.5. The molecule has 1 aromatic heterocycles. The van der Waals surface area contributed by atoms with Crippen LogP contribution in [0.4, 0.5) is 4.79 Å². The van der Waals surface area contributed by atoms with Gasteiger partial charge in [0, 0.05) is 4.88 Å². The highest BCUT2D eigenvalue weighted by atomic mass is 32.1. The van der Waals surface area contributed by atoms with Crippen molar-refractivity contribution in [3.8, 4) is 0 Å². The van der Waals surface area contributed by atoms with Gasteiger partial charge in [0.25, 0.3) is 0 Å². The smallest absolute Gasteiger partial charge is 0.408 e. The van der Waals surface area contributed by atoms with E-state index >= 15 is 0 Å². The number of hydrogen-bond donors (Lipinski definition) is 2. The Morgan fingerprint density at radius 2 is 1.96 bits per heavy atom. The number of amides is 1. The third kappa shape index (κ3) is 6.15. The summed E-state index contributed by atoms with van der Waals surface area (Å²) in [5.74, 6) is -1.69. The number of aromatic nitrogens is 1. The fourth-order valence-corrected chi connectivity index (χ4v) is 2.74. The Morgan fingerprint density at radius 1 is 1.33 bits per heavy atom. The number of carbonyl (C=O) groups is 3. The first kappa shape index (κ1) is 19.9. The van der Waals surface area contributed by atoms with Crippen LogP contribution in [0.5, 0.6) is 0 Å². The summed E-state index contributed by atoms with van der Waals surface area (Å²) in [6, 6.07) is -0.899. The van der Waals surface area contributed by atoms with E-state index in [4.69, 9.17) is 14.6 Å². The van der Waals surface area contributed by atoms with Gasteiger partial charge in [0.2, 0.25) is 0 Å². The number of hydrogen-bond acceptors (Lipinski definition) is 7. The second-order valence-corrected chi connectivity index (χ2v) is 7.21. The molecule has 0 fully saturated rings. The summed E-state index contributed by atoms with van der Waals surface area (Å²) in [6.07, 6.45) is -1.13. The molecule has 0 bridgehead atoms. The van der Waals surface area contributed by atoms with Crippen molar-refractivity contribution in [3.05, 3.63) is 15.6 Å². The van der Waals surface area contributed by atoms with E-state index in [9.17, 15) is 14.4 Å². The molecule has 0 aromatic carbocycles. The lowest BCUT2D eigenvalue weighted by Gasteiger charge is -2.22. The summed E-state index contributed by atoms with van der Waals surface area (Å²) in [7, 11) is 0. The van der Waals surface area contributed by atoms with Crippen LogP contribution in [-0.2, 0) is 14.3 Å². The van der Waals surface area contributed by atoms with Gasteiger partial charge in [0.15, 0.2) is 5.69 Å². The van der Waals surface area contributed by atoms with Gasteiger partial charge in [-0.25, -0.2) is 14.6 Å². The molecule has 1 rings (SSSR count). The molecule has 0 aliphatic heterocycles. The molecular formula is C15H22N2O6S. The number of rotatable bonds is 6. The lowest BCUT2D eigenvalue weighted by molar-refractivity contribution is -0.137. The van der Waals surface area contributed by atoms with Crippen molar-refractivity contribution in [3.63, 3.8) is 0 Å². The Balaban J connectivity index is 3.00. The van der Waals surface area contributed by atoms with Crippen LogP contribution in [0.15, 0.2) is 0 Å². The van der Waals surface area contributed by atoms with Crippen LogP contribution in [0.25, 0.3) is 0 Å². The second-order valence-electron chi connectivity index (χ2n) is 5.97. The zero-order chi connectivity index (χ0) is 18.5. The van der Waals surface area contributed by atoms with Gasteiger partial charge >= 0.3 is 18.0 Å². The van der Waals surface area contributed by atoms with Gasteiger partial charge in [-0.15, -0.1) is 11.3 Å². The molecule has 0 saturated carbocycles. The van der Waals surface area contributed by atoms with E-state index in [-0.39, 0.29) is 18.7 Å². The van der Waals surface area contributed by atoms with Gasteiger partial charge < -0.3 is 19.9 Å². The van der Waals surface area contributed by atoms with Gasteiger partial charge in [-0.1, -0.05) is 0 Å². The number of carbonyl (C=O) groups excluding carboxylic acids is 2. The highest BCUT2D eigenvalue weighted by Gasteiger charge is 2.27. The summed E-state index contributed by atoms with van der Waals surface area (Å²) in [5, 5.41) is 11.8. The maximum atomic E-state index is 11.9. The molecule has 0 saturated heterocycles. The Hall–Kier alpha value is -2.16. The minimum Gasteiger partial charge on any atom is -0.481 e. The number of aliphatic carboxylic acids is 1. The zero-order valence-corrected chi connectivity index (χ0v) is 15.2. The number of thiazole rings is 1. The lowest BCUT2D eigenvalue weighted by atomic mass is 10.2. The first-order chi connectivity index (χ1) is 11.0. The maximum absolute atomic E-state index is 11.9. The van der Waals surface area contributed by atoms with Gasteiger partial charge in [0.05, 0.1) is 19.1 Å². The normalized spacial score (nSPS) is 12.4. The molecule has 1 heterocycles. The van der Waals surface area contributed by atoms with Crippen LogP contribution in [0.3, 0.4) is 0 Å². The molecule has 2 N–H and O–H groups in total. The van der Waals surface area contributed by atoms with Crippen LogP contribution in [0.2, 0.25) is 0 Å². The molecule has 0 aliphatic rings. The molecule has 1 atom stereocenters. The van der Waals surface area contributed by atoms with Crippen molar-refractivity contribution in [2.75, 3.05) is 6.61 Å². The van der Waals surface area contributed by atoms with Gasteiger partial charge in [0.1, 0.15) is 10.6 Å². The van der Waals surface area contributed by atoms with Gasteiger partial charge in [-0.05, 0) is 34.6 Å². The highest BCUT2D eigenvalue weighted by Crippen LogP contribution is 2.26. The van der Waals surface area contributed by atoms with Crippen LogP contribution in [-0.4, -0.2) is 40.3 Å². The molecule has 0 unspecified atom stereocenters. The molecule has 0 spiro atoms. The molecular weight excluding hydrogens is 336 g/mol. The third-order valence-electron chi connectivity index (χ3n) is 2.65. The predicted molar refractivity (Wildman–Crippen MR) is 87.2 cm³/mol. The van der Waals surface area contributed by atoms with Crippen molar-refractivity contribution in [1.82, 2.24) is 10.3 Å². The zero-order valence-electron chi connectivity index (χ0n) is 14.3. The number of nitrogens with one attached hydrogen (secondary N) is 1. The van der Waals surface area contributed by atoms with E-state index in [0.717, 1.165) is 11.3 Å². The monoisotopic (exact) mass is 358 g/mol. The van der Waals surface area contributed by atoms with Crippen molar-refractivity contribution < 1.29 is 29.0 Å². The fourth-order valence-electron chi connectivity index (χ4n) is 1.78. The van der Waals surface area contributed by atoms with Crippen molar-refractivity contribution >= 4 is 29.4 Å². The van der Waals surface area contributed by atoms with Crippen molar-refractivity contribution in [1.29, 1.82) is 0 Å². The summed E-state index contributed by atoms with van der Waals surface area (Å²) < 4.78 is 10.0. The summed E-state index contributed by atoms with van der Waals surface area (Å²) in [5.41, 5.74) is -0.592. The topological polar surface area (TPSA) is 115 Å². The van der Waals surface area contributed by atoms with E-state index in [0.29, 0.717) is 9.88 Å². The van der Waals surface area contributed by atoms with Crippen molar-refractivity contribution in [2.24, 2.45) is 0 Å². The summed E-state index contributed by atoms with van der Waals surface area (Å²) in [6.45, 7) is 8.66. The minimum atomic E-state index is -1.11. The molecule has 0 aliphatic carbocycles. The standard InChI is InChI=1S/C15H22N2O6S/c1-6-22-13(20)11-8(2)24-12(17-11)9(7-10(18)19)16-14(21)23-15(3,4)5/h9H,6-7H2,1-5H3,(H,16,21)(H,18,19)/t9-/m0/s1. The number of esters is 1. The first-order valence-electron chi connectivity index (χ1n) is 7.39. The van der Waals surface area contributed by atoms with E-state index < -0.39 is 29.7 Å². The Labute approximate surface area is 144 Å². The SMILES string of the molecule is CCOC(=O)c1nc([C@H](CC(=O)O)NC(=O)OC(C)(C)C)sc1C. The fraction of sp³-hybridized carbons (Fsp3) is 0.600. The van der Waals surface area contributed by atoms with Gasteiger partial charge in [-0.2, -0.15) is 0 Å². The van der Waals surface area contributed by atoms with Crippen LogP contribution in [0.1, 0.15) is 60.5 Å². The lowest BCUT2D eigenvalue weighted by Crippen LogP contribution is -2.35. The maximum Gasteiger partial charge on any atom is 0.408 e. The van der Waals surface area contributed by atoms with E-state index in [1.54, 1.807) is 34.6 Å². The Morgan fingerprint density at radius 3 is 2.46 bits per heavy atom. The number of carboxylic acid groups (broad SMARTS) is 1. The first-order valence-corrected chi connectivity index (χ1v) is 8.21. The molecule has 134 valence electrons. The largest absolute Gasteiger partial charge is 0.481 e. The average Bonchev–Trinajstić information content (AvgIpc) is 2.77. The number of nitrogens with zero attached hydrogens (tertiary/aromatic N) is 1. The van der Waals surface area contributed by atoms with Crippen LogP contribution >= 0.6 is 11.3 Å². The predicted octanol–water partition coefficient (Wildman–Crippen LogP) is 2.67. The average molecular weight is 358 g/mol. The molecule has 1 amide bonds. The van der Waals surface area contributed by atoms with E-state index in [1.807, 2.05) is 0 Å². The van der Waals surface area contributed by atoms with E-state index in [1.165, 1.54) is 0 Å². The van der Waals surface area contributed by atoms with Crippen LogP contribution < -0.4 is 5.32 Å². The number of ether oxygens (including phenoxy) is 2. The highest BCUT2D eigenvalue weighted by molar-refractivity contribution is 7.12. The Bertz CT molecular complexity index is 620. The molecule has 8 nitrogen and oxygen atoms in total. The molecule has 24 heavy (non-hydrogen) atoms. The summed E-state index contributed by atoms with van der Waals surface area (Å²) >= 11 is 1.13. The minimum absolute atomic E-state index is 0.123. The quantitative estimate of drug-likeness (QED) is 0.751. The van der Waals surface area contributed by atoms with Crippen molar-refractivity contribution in [2.45, 2.75) is 52.7 Å². The van der Waals surface area contributed by atoms with E-state index in [2.05, 4.69) is 10.3 Å². The Kier molecular flexibility index (Phi) is 6.70. The van der Waals surface area contributed by atoms with Gasteiger partial charge in [-0.3, -0.25) is 4.79 Å².